The molecule has 3 N–H and O–H groups in total. The summed E-state index contributed by atoms with van der Waals surface area (Å²) in [6.45, 7) is 1.85. The summed E-state index contributed by atoms with van der Waals surface area (Å²) in [5.74, 6) is 0.172. The van der Waals surface area contributed by atoms with E-state index < -0.39 is 5.91 Å². The largest absolute Gasteiger partial charge is 0.493 e. The summed E-state index contributed by atoms with van der Waals surface area (Å²) in [7, 11) is 1.46. The van der Waals surface area contributed by atoms with Crippen LogP contribution in [-0.4, -0.2) is 31.6 Å². The summed E-state index contributed by atoms with van der Waals surface area (Å²) in [5.41, 5.74) is 5.71. The molecule has 144 valence electrons. The number of benzene rings is 1. The van der Waals surface area contributed by atoms with Gasteiger partial charge in [-0.25, -0.2) is 0 Å². The molecule has 0 radical (unpaired) electrons. The molecule has 0 heterocycles. The molecule has 1 aliphatic rings. The summed E-state index contributed by atoms with van der Waals surface area (Å²) < 4.78 is 10.5. The van der Waals surface area contributed by atoms with Crippen molar-refractivity contribution in [3.63, 3.8) is 0 Å². The Bertz CT molecular complexity index is 767. The molecular weight excluding hydrogens is 346 g/mol. The average molecular weight is 371 g/mol. The fourth-order valence-electron chi connectivity index (χ4n) is 3.13. The van der Waals surface area contributed by atoms with Crippen molar-refractivity contribution in [3.8, 4) is 17.6 Å². The molecule has 7 heteroatoms. The summed E-state index contributed by atoms with van der Waals surface area (Å²) in [6, 6.07) is 6.97. The number of nitrogens with one attached hydrogen (secondary N) is 1. The van der Waals surface area contributed by atoms with Crippen LogP contribution in [0.2, 0.25) is 0 Å². The van der Waals surface area contributed by atoms with E-state index >= 15 is 0 Å². The lowest BCUT2D eigenvalue weighted by Crippen LogP contribution is -2.41. The van der Waals surface area contributed by atoms with E-state index in [1.807, 2.05) is 6.07 Å². The highest BCUT2D eigenvalue weighted by atomic mass is 16.5. The van der Waals surface area contributed by atoms with Crippen molar-refractivity contribution in [2.24, 2.45) is 11.7 Å². The van der Waals surface area contributed by atoms with Crippen LogP contribution in [0.3, 0.4) is 0 Å². The predicted molar refractivity (Wildman–Crippen MR) is 101 cm³/mol. The smallest absolute Gasteiger partial charge is 0.262 e. The van der Waals surface area contributed by atoms with Gasteiger partial charge in [0.1, 0.15) is 11.6 Å². The van der Waals surface area contributed by atoms with Crippen LogP contribution in [0, 0.1) is 17.2 Å². The standard InChI is InChI=1S/C20H25N3O4/c1-13-5-3-4-6-16(13)23-20(25)15(11-21)9-14-7-8-17(18(10-14)26-2)27-12-19(22)24/h7-10,13,16H,3-6,12H2,1-2H3,(H2,22,24)(H,23,25). The highest BCUT2D eigenvalue weighted by molar-refractivity contribution is 6.01. The molecule has 1 aliphatic carbocycles. The van der Waals surface area contributed by atoms with Crippen molar-refractivity contribution >= 4 is 17.9 Å². The zero-order valence-electron chi connectivity index (χ0n) is 15.7. The van der Waals surface area contributed by atoms with Gasteiger partial charge in [-0.1, -0.05) is 25.8 Å². The zero-order chi connectivity index (χ0) is 19.8. The summed E-state index contributed by atoms with van der Waals surface area (Å²) in [6.07, 6.45) is 5.79. The van der Waals surface area contributed by atoms with Gasteiger partial charge in [0.25, 0.3) is 11.8 Å². The lowest BCUT2D eigenvalue weighted by atomic mass is 9.86. The Kier molecular flexibility index (Phi) is 7.24. The van der Waals surface area contributed by atoms with E-state index in [1.165, 1.54) is 19.6 Å². The molecule has 1 fully saturated rings. The Morgan fingerprint density at radius 3 is 2.70 bits per heavy atom. The maximum absolute atomic E-state index is 12.5. The SMILES string of the molecule is COc1cc(C=C(C#N)C(=O)NC2CCCCC2C)ccc1OCC(N)=O. The minimum Gasteiger partial charge on any atom is -0.493 e. The lowest BCUT2D eigenvalue weighted by Gasteiger charge is -2.29. The summed E-state index contributed by atoms with van der Waals surface area (Å²) >= 11 is 0. The van der Waals surface area contributed by atoms with Crippen LogP contribution in [0.25, 0.3) is 6.08 Å². The van der Waals surface area contributed by atoms with Crippen molar-refractivity contribution < 1.29 is 19.1 Å². The molecule has 0 aromatic heterocycles. The quantitative estimate of drug-likeness (QED) is 0.563. The molecule has 2 atom stereocenters. The van der Waals surface area contributed by atoms with E-state index in [0.29, 0.717) is 23.0 Å². The van der Waals surface area contributed by atoms with Crippen molar-refractivity contribution in [1.82, 2.24) is 5.32 Å². The van der Waals surface area contributed by atoms with Gasteiger partial charge in [-0.15, -0.1) is 0 Å². The number of carbonyl (C=O) groups excluding carboxylic acids is 2. The monoisotopic (exact) mass is 371 g/mol. The predicted octanol–water partition coefficient (Wildman–Crippen LogP) is 2.16. The summed E-state index contributed by atoms with van der Waals surface area (Å²) in [5, 5.41) is 12.4. The van der Waals surface area contributed by atoms with Crippen molar-refractivity contribution in [3.05, 3.63) is 29.3 Å². The van der Waals surface area contributed by atoms with Gasteiger partial charge in [0, 0.05) is 6.04 Å². The number of primary amides is 1. The number of hydrogen-bond acceptors (Lipinski definition) is 5. The number of nitrogens with two attached hydrogens (primary N) is 1. The number of nitrogens with zero attached hydrogens (tertiary/aromatic N) is 1. The van der Waals surface area contributed by atoms with Gasteiger partial charge in [0.05, 0.1) is 7.11 Å². The second kappa shape index (κ2) is 9.62. The Hall–Kier alpha value is -3.01. The normalized spacial score (nSPS) is 19.7. The van der Waals surface area contributed by atoms with Crippen molar-refractivity contribution in [2.75, 3.05) is 13.7 Å². The molecule has 2 unspecified atom stereocenters. The second-order valence-corrected chi connectivity index (χ2v) is 6.68. The third kappa shape index (κ3) is 5.74. The van der Waals surface area contributed by atoms with E-state index in [1.54, 1.807) is 18.2 Å². The Morgan fingerprint density at radius 1 is 1.33 bits per heavy atom. The Morgan fingerprint density at radius 2 is 2.07 bits per heavy atom. The molecule has 1 saturated carbocycles. The maximum atomic E-state index is 12.5. The van der Waals surface area contributed by atoms with Gasteiger partial charge >= 0.3 is 0 Å². The number of rotatable bonds is 7. The fraction of sp³-hybridized carbons (Fsp3) is 0.450. The Labute approximate surface area is 159 Å². The highest BCUT2D eigenvalue weighted by Gasteiger charge is 2.24. The minimum absolute atomic E-state index is 0.0284. The van der Waals surface area contributed by atoms with Crippen LogP contribution < -0.4 is 20.5 Å². The van der Waals surface area contributed by atoms with E-state index in [2.05, 4.69) is 12.2 Å². The van der Waals surface area contributed by atoms with Crippen LogP contribution in [-0.2, 0) is 9.59 Å². The molecular formula is C20H25N3O4. The molecule has 2 amide bonds. The van der Waals surface area contributed by atoms with Crippen LogP contribution in [0.5, 0.6) is 11.5 Å². The molecule has 0 bridgehead atoms. The van der Waals surface area contributed by atoms with E-state index in [0.717, 1.165) is 19.3 Å². The van der Waals surface area contributed by atoms with E-state index in [9.17, 15) is 14.9 Å². The molecule has 2 rings (SSSR count). The molecule has 7 nitrogen and oxygen atoms in total. The molecule has 27 heavy (non-hydrogen) atoms. The minimum atomic E-state index is -0.596. The molecule has 0 aliphatic heterocycles. The fourth-order valence-corrected chi connectivity index (χ4v) is 3.13. The topological polar surface area (TPSA) is 114 Å². The van der Waals surface area contributed by atoms with Gasteiger partial charge in [0.2, 0.25) is 0 Å². The number of hydrogen-bond donors (Lipinski definition) is 2. The van der Waals surface area contributed by atoms with Crippen LogP contribution >= 0.6 is 0 Å². The molecule has 1 aromatic carbocycles. The number of ether oxygens (including phenoxy) is 2. The second-order valence-electron chi connectivity index (χ2n) is 6.68. The first kappa shape index (κ1) is 20.3. The molecule has 1 aromatic rings. The van der Waals surface area contributed by atoms with Gasteiger partial charge < -0.3 is 20.5 Å². The van der Waals surface area contributed by atoms with Gasteiger partial charge in [-0.2, -0.15) is 5.26 Å². The number of methoxy groups -OCH3 is 1. The molecule has 0 spiro atoms. The first-order chi connectivity index (χ1) is 12.9. The van der Waals surface area contributed by atoms with Gasteiger partial charge in [-0.05, 0) is 42.5 Å². The summed E-state index contributed by atoms with van der Waals surface area (Å²) in [4.78, 5) is 23.3. The average Bonchev–Trinajstić information content (AvgIpc) is 2.66. The van der Waals surface area contributed by atoms with Crippen LogP contribution in [0.1, 0.15) is 38.2 Å². The highest BCUT2D eigenvalue weighted by Crippen LogP contribution is 2.29. The van der Waals surface area contributed by atoms with E-state index in [-0.39, 0.29) is 24.1 Å². The van der Waals surface area contributed by atoms with Crippen LogP contribution in [0.4, 0.5) is 0 Å². The van der Waals surface area contributed by atoms with Gasteiger partial charge in [-0.3, -0.25) is 9.59 Å². The Balaban J connectivity index is 2.14. The molecule has 0 saturated heterocycles. The van der Waals surface area contributed by atoms with Crippen molar-refractivity contribution in [1.29, 1.82) is 5.26 Å². The number of nitriles is 1. The lowest BCUT2D eigenvalue weighted by molar-refractivity contribution is -0.120. The zero-order valence-corrected chi connectivity index (χ0v) is 15.7. The number of carbonyl (C=O) groups is 2. The third-order valence-corrected chi connectivity index (χ3v) is 4.66. The first-order valence-corrected chi connectivity index (χ1v) is 8.96. The first-order valence-electron chi connectivity index (χ1n) is 8.96. The van der Waals surface area contributed by atoms with Gasteiger partial charge in [0.15, 0.2) is 18.1 Å². The van der Waals surface area contributed by atoms with E-state index in [4.69, 9.17) is 15.2 Å². The van der Waals surface area contributed by atoms with Crippen molar-refractivity contribution in [2.45, 2.75) is 38.6 Å². The number of amides is 2. The third-order valence-electron chi connectivity index (χ3n) is 4.66. The van der Waals surface area contributed by atoms with Crippen LogP contribution in [0.15, 0.2) is 23.8 Å². The maximum Gasteiger partial charge on any atom is 0.262 e.